The second kappa shape index (κ2) is 15.8. The highest BCUT2D eigenvalue weighted by molar-refractivity contribution is 6.67. The number of amides is 2. The summed E-state index contributed by atoms with van der Waals surface area (Å²) in [5.74, 6) is -2.82. The van der Waals surface area contributed by atoms with Crippen LogP contribution in [0.3, 0.4) is 0 Å². The molecule has 0 saturated carbocycles. The molecule has 2 amide bonds. The molecule has 46 heavy (non-hydrogen) atoms. The number of hydrogen-bond donors (Lipinski definition) is 3. The molecule has 2 aromatic rings. The number of hydrazine groups is 1. The molecule has 1 aromatic heterocycles. The maximum Gasteiger partial charge on any atom is 0.325 e. The monoisotopic (exact) mass is 698 g/mol. The standard InChI is InChI=1S/C32H41Cl3N4O7/c1-18(2)26(27(41)36-19(3)28(42)39-15-7-8-24(38-39)29(43)45-17-32(33,34)35)46-30(44)31(5,6)14-13-21-9-10-22-11-12-23(20(4)40)37-25(22)16-21/h9-14,16,18-20,24,26,38,40H,7-8,15,17H2,1-6H3,(H,36,41). The lowest BCUT2D eigenvalue weighted by Crippen LogP contribution is -2.60. The van der Waals surface area contributed by atoms with Crippen LogP contribution in [-0.2, 0) is 28.7 Å². The molecular formula is C32H41Cl3N4O7. The third kappa shape index (κ3) is 10.5. The number of nitrogens with zero attached hydrogens (tertiary/aromatic N) is 2. The lowest BCUT2D eigenvalue weighted by atomic mass is 9.92. The SMILES string of the molecule is CC(NC(=O)C(OC(=O)C(C)(C)C=Cc1ccc2ccc(C(C)O)nc2c1)C(C)C)C(=O)N1CCCC(C(=O)OCC(Cl)(Cl)Cl)N1. The molecule has 1 aromatic carbocycles. The Kier molecular flexibility index (Phi) is 12.8. The molecule has 14 heteroatoms. The second-order valence-corrected chi connectivity index (χ2v) is 14.8. The van der Waals surface area contributed by atoms with Crippen molar-refractivity contribution < 1.29 is 33.8 Å². The fourth-order valence-corrected chi connectivity index (χ4v) is 4.74. The van der Waals surface area contributed by atoms with Crippen molar-refractivity contribution in [3.05, 3.63) is 47.7 Å². The number of carbonyl (C=O) groups excluding carboxylic acids is 4. The summed E-state index contributed by atoms with van der Waals surface area (Å²) in [5.41, 5.74) is 3.77. The zero-order valence-electron chi connectivity index (χ0n) is 26.7. The number of carbonyl (C=O) groups is 4. The van der Waals surface area contributed by atoms with E-state index in [4.69, 9.17) is 44.3 Å². The van der Waals surface area contributed by atoms with E-state index in [1.807, 2.05) is 24.3 Å². The number of aliphatic hydroxyl groups is 1. The number of aliphatic hydroxyl groups excluding tert-OH is 1. The molecular weight excluding hydrogens is 659 g/mol. The van der Waals surface area contributed by atoms with Crippen molar-refractivity contribution in [3.63, 3.8) is 0 Å². The third-order valence-corrected chi connectivity index (χ3v) is 7.65. The van der Waals surface area contributed by atoms with Crippen molar-refractivity contribution in [2.24, 2.45) is 11.3 Å². The predicted molar refractivity (Wildman–Crippen MR) is 177 cm³/mol. The van der Waals surface area contributed by atoms with Crippen molar-refractivity contribution in [1.82, 2.24) is 20.7 Å². The quantitative estimate of drug-likeness (QED) is 0.222. The molecule has 2 heterocycles. The first-order valence-corrected chi connectivity index (χ1v) is 16.1. The zero-order chi connectivity index (χ0) is 34.4. The van der Waals surface area contributed by atoms with E-state index in [9.17, 15) is 24.3 Å². The van der Waals surface area contributed by atoms with E-state index in [-0.39, 0.29) is 0 Å². The number of rotatable bonds is 11. The smallest absolute Gasteiger partial charge is 0.325 e. The van der Waals surface area contributed by atoms with Gasteiger partial charge in [-0.15, -0.1) is 0 Å². The molecule has 3 N–H and O–H groups in total. The molecule has 0 bridgehead atoms. The molecule has 0 aliphatic carbocycles. The Labute approximate surface area is 283 Å². The van der Waals surface area contributed by atoms with Crippen LogP contribution in [0.5, 0.6) is 0 Å². The van der Waals surface area contributed by atoms with Gasteiger partial charge in [0.1, 0.15) is 18.7 Å². The maximum absolute atomic E-state index is 13.3. The molecule has 0 spiro atoms. The minimum Gasteiger partial charge on any atom is -0.460 e. The summed E-state index contributed by atoms with van der Waals surface area (Å²) in [6, 6.07) is 7.47. The minimum atomic E-state index is -1.76. The van der Waals surface area contributed by atoms with Crippen molar-refractivity contribution >= 4 is 75.5 Å². The summed E-state index contributed by atoms with van der Waals surface area (Å²) in [7, 11) is 0. The van der Waals surface area contributed by atoms with Gasteiger partial charge in [0.2, 0.25) is 3.79 Å². The molecule has 11 nitrogen and oxygen atoms in total. The third-order valence-electron chi connectivity index (χ3n) is 7.33. The number of alkyl halides is 3. The van der Waals surface area contributed by atoms with Gasteiger partial charge in [-0.3, -0.25) is 29.2 Å². The number of ether oxygens (including phenoxy) is 2. The average Bonchev–Trinajstić information content (AvgIpc) is 2.99. The lowest BCUT2D eigenvalue weighted by Gasteiger charge is -2.34. The van der Waals surface area contributed by atoms with Crippen LogP contribution in [0.2, 0.25) is 0 Å². The molecule has 0 radical (unpaired) electrons. The van der Waals surface area contributed by atoms with Crippen LogP contribution in [0.25, 0.3) is 17.0 Å². The number of nitrogens with one attached hydrogen (secondary N) is 2. The Morgan fingerprint density at radius 3 is 2.43 bits per heavy atom. The number of benzene rings is 1. The summed E-state index contributed by atoms with van der Waals surface area (Å²) < 4.78 is 8.95. The van der Waals surface area contributed by atoms with Crippen molar-refractivity contribution in [3.8, 4) is 0 Å². The highest BCUT2D eigenvalue weighted by Crippen LogP contribution is 2.27. The van der Waals surface area contributed by atoms with Gasteiger partial charge < -0.3 is 19.9 Å². The van der Waals surface area contributed by atoms with Gasteiger partial charge in [0.05, 0.1) is 22.7 Å². The summed E-state index contributed by atoms with van der Waals surface area (Å²) in [6.45, 7) is 9.82. The minimum absolute atomic E-state index is 0.297. The number of pyridine rings is 1. The van der Waals surface area contributed by atoms with Gasteiger partial charge in [0, 0.05) is 11.9 Å². The summed E-state index contributed by atoms with van der Waals surface area (Å²) in [5, 5.41) is 14.7. The summed E-state index contributed by atoms with van der Waals surface area (Å²) >= 11 is 16.9. The van der Waals surface area contributed by atoms with Crippen LogP contribution >= 0.6 is 34.8 Å². The Morgan fingerprint density at radius 2 is 1.80 bits per heavy atom. The predicted octanol–water partition coefficient (Wildman–Crippen LogP) is 4.81. The van der Waals surface area contributed by atoms with Crippen molar-refractivity contribution in [2.45, 2.75) is 82.5 Å². The van der Waals surface area contributed by atoms with E-state index in [1.165, 1.54) is 11.9 Å². The van der Waals surface area contributed by atoms with Gasteiger partial charge in [-0.2, -0.15) is 0 Å². The molecule has 1 saturated heterocycles. The van der Waals surface area contributed by atoms with E-state index >= 15 is 0 Å². The Morgan fingerprint density at radius 1 is 1.13 bits per heavy atom. The Hall–Kier alpha value is -2.96. The normalized spacial score (nSPS) is 17.9. The molecule has 3 rings (SSSR count). The van der Waals surface area contributed by atoms with Crippen LogP contribution in [0.4, 0.5) is 0 Å². The largest absolute Gasteiger partial charge is 0.460 e. The fraction of sp³-hybridized carbons (Fsp3) is 0.531. The number of fused-ring (bicyclic) bond motifs is 1. The van der Waals surface area contributed by atoms with Crippen LogP contribution in [-0.4, -0.2) is 74.0 Å². The van der Waals surface area contributed by atoms with Crippen LogP contribution < -0.4 is 10.7 Å². The van der Waals surface area contributed by atoms with Gasteiger partial charge >= 0.3 is 11.9 Å². The first-order valence-electron chi connectivity index (χ1n) is 15.0. The zero-order valence-corrected chi connectivity index (χ0v) is 28.9. The topological polar surface area (TPSA) is 147 Å². The van der Waals surface area contributed by atoms with Gasteiger partial charge in [0.25, 0.3) is 11.8 Å². The van der Waals surface area contributed by atoms with E-state index in [1.54, 1.807) is 52.8 Å². The van der Waals surface area contributed by atoms with Gasteiger partial charge in [-0.05, 0) is 64.2 Å². The fourth-order valence-electron chi connectivity index (χ4n) is 4.58. The van der Waals surface area contributed by atoms with E-state index in [0.29, 0.717) is 30.6 Å². The molecule has 1 aliphatic rings. The van der Waals surface area contributed by atoms with Gasteiger partial charge in [-0.25, -0.2) is 5.43 Å². The number of aromatic nitrogens is 1. The lowest BCUT2D eigenvalue weighted by molar-refractivity contribution is -0.165. The molecule has 1 fully saturated rings. The molecule has 252 valence electrons. The van der Waals surface area contributed by atoms with Crippen molar-refractivity contribution in [1.29, 1.82) is 0 Å². The maximum atomic E-state index is 13.3. The molecule has 4 unspecified atom stereocenters. The average molecular weight is 700 g/mol. The van der Waals surface area contributed by atoms with Crippen molar-refractivity contribution in [2.75, 3.05) is 13.2 Å². The van der Waals surface area contributed by atoms with E-state index < -0.39 is 69.8 Å². The Balaban J connectivity index is 1.62. The number of hydrogen-bond acceptors (Lipinski definition) is 9. The molecule has 1 aliphatic heterocycles. The van der Waals surface area contributed by atoms with E-state index in [0.717, 1.165) is 10.9 Å². The van der Waals surface area contributed by atoms with Gasteiger partial charge in [-0.1, -0.05) is 79.0 Å². The van der Waals surface area contributed by atoms with Gasteiger partial charge in [0.15, 0.2) is 6.10 Å². The Bertz CT molecular complexity index is 1460. The first-order chi connectivity index (χ1) is 21.4. The second-order valence-electron chi connectivity index (χ2n) is 12.3. The molecule has 4 atom stereocenters. The highest BCUT2D eigenvalue weighted by atomic mass is 35.6. The van der Waals surface area contributed by atoms with Crippen LogP contribution in [0.1, 0.15) is 71.7 Å². The van der Waals surface area contributed by atoms with Crippen LogP contribution in [0.15, 0.2) is 36.4 Å². The number of halogens is 3. The summed E-state index contributed by atoms with van der Waals surface area (Å²) in [4.78, 5) is 56.6. The highest BCUT2D eigenvalue weighted by Gasteiger charge is 2.36. The first kappa shape index (κ1) is 37.5. The summed E-state index contributed by atoms with van der Waals surface area (Å²) in [6.07, 6.45) is 2.50. The van der Waals surface area contributed by atoms with E-state index in [2.05, 4.69) is 15.7 Å². The van der Waals surface area contributed by atoms with Crippen LogP contribution in [0, 0.1) is 11.3 Å². The number of esters is 2.